The highest BCUT2D eigenvalue weighted by molar-refractivity contribution is 5.85. The van der Waals surface area contributed by atoms with E-state index in [9.17, 15) is 4.79 Å². The van der Waals surface area contributed by atoms with Gasteiger partial charge in [-0.3, -0.25) is 0 Å². The maximum absolute atomic E-state index is 12.7. The third kappa shape index (κ3) is 6.65. The van der Waals surface area contributed by atoms with Crippen LogP contribution in [0.3, 0.4) is 0 Å². The molecular formula is C21H37N3O2. The number of nitrogens with one attached hydrogen (secondary N) is 1. The van der Waals surface area contributed by atoms with Gasteiger partial charge in [0.1, 0.15) is 5.60 Å². The van der Waals surface area contributed by atoms with Gasteiger partial charge in [-0.25, -0.2) is 14.7 Å². The van der Waals surface area contributed by atoms with Crippen molar-refractivity contribution in [2.45, 2.75) is 103 Å². The number of unbranched alkanes of at least 4 members (excludes halogenated alkanes) is 4. The van der Waals surface area contributed by atoms with Crippen LogP contribution in [0.5, 0.6) is 0 Å². The van der Waals surface area contributed by atoms with Crippen molar-refractivity contribution >= 4 is 12.0 Å². The molecule has 0 spiro atoms. The van der Waals surface area contributed by atoms with Crippen LogP contribution >= 0.6 is 0 Å². The van der Waals surface area contributed by atoms with Crippen molar-refractivity contribution in [1.82, 2.24) is 9.97 Å². The summed E-state index contributed by atoms with van der Waals surface area (Å²) in [6, 6.07) is 0. The van der Waals surface area contributed by atoms with Crippen LogP contribution in [0, 0.1) is 0 Å². The minimum Gasteiger partial charge on any atom is -0.443 e. The number of H-pyrrole nitrogens is 1. The summed E-state index contributed by atoms with van der Waals surface area (Å²) in [5.74, 6) is 1.19. The van der Waals surface area contributed by atoms with E-state index in [-0.39, 0.29) is 6.09 Å². The first-order valence-electron chi connectivity index (χ1n) is 10.5. The smallest absolute Gasteiger partial charge is 0.417 e. The third-order valence-electron chi connectivity index (χ3n) is 4.98. The lowest BCUT2D eigenvalue weighted by molar-refractivity contribution is 0.0577. The Balaban J connectivity index is 2.04. The molecule has 5 heteroatoms. The molecule has 0 atom stereocenters. The molecule has 26 heavy (non-hydrogen) atoms. The standard InChI is InChI=1S/C21H37N3O2/c1-5-6-7-8-12-15-24(20(25)26-21(2,3)4)19-22-16-18(23-19)17-13-10-9-11-14-17/h16-17H,5-15H2,1-4H3,(H,22,23). The van der Waals surface area contributed by atoms with Gasteiger partial charge in [0, 0.05) is 18.2 Å². The number of ether oxygens (including phenoxy) is 1. The number of nitrogens with zero attached hydrogens (tertiary/aromatic N) is 2. The van der Waals surface area contributed by atoms with E-state index in [2.05, 4.69) is 16.9 Å². The van der Waals surface area contributed by atoms with Crippen LogP contribution in [0.1, 0.15) is 104 Å². The number of hydrogen-bond donors (Lipinski definition) is 1. The van der Waals surface area contributed by atoms with E-state index in [1.54, 1.807) is 4.90 Å². The van der Waals surface area contributed by atoms with E-state index in [1.165, 1.54) is 57.1 Å². The van der Waals surface area contributed by atoms with E-state index in [0.717, 1.165) is 12.8 Å². The summed E-state index contributed by atoms with van der Waals surface area (Å²) in [4.78, 5) is 22.3. The lowest BCUT2D eigenvalue weighted by Gasteiger charge is -2.26. The Kier molecular flexibility index (Phi) is 7.98. The fourth-order valence-corrected chi connectivity index (χ4v) is 3.56. The van der Waals surface area contributed by atoms with Crippen molar-refractivity contribution in [2.75, 3.05) is 11.4 Å². The van der Waals surface area contributed by atoms with Gasteiger partial charge in [0.2, 0.25) is 5.95 Å². The van der Waals surface area contributed by atoms with Gasteiger partial charge in [0.05, 0.1) is 6.20 Å². The second-order valence-electron chi connectivity index (χ2n) is 8.54. The molecule has 1 fully saturated rings. The lowest BCUT2D eigenvalue weighted by Crippen LogP contribution is -2.38. The summed E-state index contributed by atoms with van der Waals surface area (Å²) in [5.41, 5.74) is 0.662. The fourth-order valence-electron chi connectivity index (χ4n) is 3.56. The van der Waals surface area contributed by atoms with Gasteiger partial charge in [-0.05, 0) is 40.0 Å². The molecule has 1 N–H and O–H groups in total. The molecule has 148 valence electrons. The predicted molar refractivity (Wildman–Crippen MR) is 107 cm³/mol. The van der Waals surface area contributed by atoms with Gasteiger partial charge >= 0.3 is 6.09 Å². The molecule has 0 unspecified atom stereocenters. The molecule has 1 amide bonds. The van der Waals surface area contributed by atoms with E-state index in [4.69, 9.17) is 4.74 Å². The van der Waals surface area contributed by atoms with Crippen molar-refractivity contribution < 1.29 is 9.53 Å². The number of rotatable bonds is 8. The number of aromatic nitrogens is 2. The number of carbonyl (C=O) groups excluding carboxylic acids is 1. The number of amides is 1. The van der Waals surface area contributed by atoms with Gasteiger partial charge in [0.25, 0.3) is 0 Å². The Morgan fingerprint density at radius 2 is 1.88 bits per heavy atom. The molecule has 1 saturated carbocycles. The van der Waals surface area contributed by atoms with E-state index in [0.29, 0.717) is 18.4 Å². The van der Waals surface area contributed by atoms with Gasteiger partial charge in [-0.2, -0.15) is 0 Å². The van der Waals surface area contributed by atoms with E-state index < -0.39 is 5.60 Å². The number of imidazole rings is 1. The average Bonchev–Trinajstić information content (AvgIpc) is 3.07. The highest BCUT2D eigenvalue weighted by Crippen LogP contribution is 2.32. The van der Waals surface area contributed by atoms with Crippen molar-refractivity contribution in [1.29, 1.82) is 0 Å². The zero-order valence-electron chi connectivity index (χ0n) is 17.1. The Labute approximate surface area is 158 Å². The molecule has 0 aliphatic heterocycles. The highest BCUT2D eigenvalue weighted by atomic mass is 16.6. The summed E-state index contributed by atoms with van der Waals surface area (Å²) >= 11 is 0. The van der Waals surface area contributed by atoms with Crippen LogP contribution in [-0.2, 0) is 4.74 Å². The molecule has 1 aromatic heterocycles. The van der Waals surface area contributed by atoms with Crippen LogP contribution in [0.4, 0.5) is 10.7 Å². The van der Waals surface area contributed by atoms with Crippen LogP contribution in [0.25, 0.3) is 0 Å². The topological polar surface area (TPSA) is 58.2 Å². The van der Waals surface area contributed by atoms with Crippen molar-refractivity contribution in [3.05, 3.63) is 11.9 Å². The molecule has 2 rings (SSSR count). The maximum Gasteiger partial charge on any atom is 0.417 e. The van der Waals surface area contributed by atoms with Gasteiger partial charge in [0.15, 0.2) is 0 Å². The average molecular weight is 364 g/mol. The summed E-state index contributed by atoms with van der Waals surface area (Å²) < 4.78 is 5.61. The first kappa shape index (κ1) is 20.8. The monoisotopic (exact) mass is 363 g/mol. The minimum absolute atomic E-state index is 0.308. The van der Waals surface area contributed by atoms with Crippen molar-refractivity contribution in [2.24, 2.45) is 0 Å². The first-order chi connectivity index (χ1) is 12.4. The minimum atomic E-state index is -0.504. The lowest BCUT2D eigenvalue weighted by atomic mass is 9.87. The normalized spacial score (nSPS) is 15.8. The molecule has 0 bridgehead atoms. The number of hydrogen-bond acceptors (Lipinski definition) is 3. The number of anilines is 1. The van der Waals surface area contributed by atoms with Crippen LogP contribution in [0.15, 0.2) is 6.20 Å². The Morgan fingerprint density at radius 1 is 1.19 bits per heavy atom. The van der Waals surface area contributed by atoms with E-state index >= 15 is 0 Å². The first-order valence-corrected chi connectivity index (χ1v) is 10.5. The summed E-state index contributed by atoms with van der Waals surface area (Å²) in [6.45, 7) is 8.57. The molecule has 1 aromatic rings. The summed E-state index contributed by atoms with van der Waals surface area (Å²) in [5, 5.41) is 0. The van der Waals surface area contributed by atoms with Crippen molar-refractivity contribution in [3.8, 4) is 0 Å². The SMILES string of the molecule is CCCCCCCN(C(=O)OC(C)(C)C)c1ncc(C2CCCCC2)[nH]1. The summed E-state index contributed by atoms with van der Waals surface area (Å²) in [6.07, 6.45) is 13.7. The quantitative estimate of drug-likeness (QED) is 0.562. The number of aromatic amines is 1. The molecular weight excluding hydrogens is 326 g/mol. The fraction of sp³-hybridized carbons (Fsp3) is 0.810. The zero-order chi connectivity index (χ0) is 19.0. The van der Waals surface area contributed by atoms with Gasteiger partial charge in [-0.15, -0.1) is 0 Å². The predicted octanol–water partition coefficient (Wildman–Crippen LogP) is 6.17. The highest BCUT2D eigenvalue weighted by Gasteiger charge is 2.26. The summed E-state index contributed by atoms with van der Waals surface area (Å²) in [7, 11) is 0. The second-order valence-corrected chi connectivity index (χ2v) is 8.54. The van der Waals surface area contributed by atoms with Gasteiger partial charge in [-0.1, -0.05) is 51.9 Å². The Morgan fingerprint density at radius 3 is 2.54 bits per heavy atom. The third-order valence-corrected chi connectivity index (χ3v) is 4.98. The molecule has 1 aliphatic rings. The molecule has 5 nitrogen and oxygen atoms in total. The molecule has 0 saturated heterocycles. The van der Waals surface area contributed by atoms with E-state index in [1.807, 2.05) is 27.0 Å². The molecule has 1 heterocycles. The van der Waals surface area contributed by atoms with Crippen molar-refractivity contribution in [3.63, 3.8) is 0 Å². The Bertz CT molecular complexity index is 542. The molecule has 0 aromatic carbocycles. The largest absolute Gasteiger partial charge is 0.443 e. The van der Waals surface area contributed by atoms with Crippen LogP contribution in [0.2, 0.25) is 0 Å². The molecule has 0 radical (unpaired) electrons. The Hall–Kier alpha value is -1.52. The van der Waals surface area contributed by atoms with Gasteiger partial charge < -0.3 is 9.72 Å². The van der Waals surface area contributed by atoms with Crippen LogP contribution < -0.4 is 4.90 Å². The maximum atomic E-state index is 12.7. The van der Waals surface area contributed by atoms with Crippen LogP contribution in [-0.4, -0.2) is 28.2 Å². The number of carbonyl (C=O) groups is 1. The second kappa shape index (κ2) is 9.98. The molecule has 1 aliphatic carbocycles. The zero-order valence-corrected chi connectivity index (χ0v) is 17.1.